The van der Waals surface area contributed by atoms with Gasteiger partial charge in [-0.25, -0.2) is 4.39 Å². The van der Waals surface area contributed by atoms with E-state index < -0.39 is 5.82 Å². The molecule has 2 nitrogen and oxygen atoms in total. The van der Waals surface area contributed by atoms with Gasteiger partial charge in [-0.15, -0.1) is 11.6 Å². The lowest BCUT2D eigenvalue weighted by Crippen LogP contribution is -2.50. The lowest BCUT2D eigenvalue weighted by atomic mass is 9.92. The Morgan fingerprint density at radius 3 is 2.67 bits per heavy atom. The summed E-state index contributed by atoms with van der Waals surface area (Å²) in [4.78, 5) is 0. The van der Waals surface area contributed by atoms with E-state index in [9.17, 15) is 4.39 Å². The summed E-state index contributed by atoms with van der Waals surface area (Å²) in [5.74, 6) is 0.157. The summed E-state index contributed by atoms with van der Waals surface area (Å²) in [6.07, 6.45) is 1.79. The smallest absolute Gasteiger partial charge is 0.141 e. The van der Waals surface area contributed by atoms with Gasteiger partial charge in [0, 0.05) is 31.2 Å². The fourth-order valence-electron chi connectivity index (χ4n) is 2.06. The second-order valence-electron chi connectivity index (χ2n) is 4.63. The predicted molar refractivity (Wildman–Crippen MR) is 71.8 cm³/mol. The summed E-state index contributed by atoms with van der Waals surface area (Å²) in [6.45, 7) is 2.08. The Morgan fingerprint density at radius 2 is 2.06 bits per heavy atom. The molecule has 1 aliphatic rings. The molecule has 100 valence electrons. The summed E-state index contributed by atoms with van der Waals surface area (Å²) in [6, 6.07) is 4.76. The van der Waals surface area contributed by atoms with E-state index >= 15 is 0 Å². The molecule has 1 N–H and O–H groups in total. The average Bonchev–Trinajstić information content (AvgIpc) is 2.41. The number of nitrogens with one attached hydrogen (secondary N) is 1. The molecule has 5 heteroatoms. The Balaban J connectivity index is 1.98. The zero-order valence-electron chi connectivity index (χ0n) is 10.0. The van der Waals surface area contributed by atoms with Gasteiger partial charge in [0.25, 0.3) is 0 Å². The predicted octanol–water partition coefficient (Wildman–Crippen LogP) is 3.36. The molecule has 0 aromatic heterocycles. The first kappa shape index (κ1) is 14.1. The molecule has 18 heavy (non-hydrogen) atoms. The van der Waals surface area contributed by atoms with Crippen LogP contribution < -0.4 is 5.32 Å². The zero-order chi connectivity index (χ0) is 13.0. The van der Waals surface area contributed by atoms with Crippen molar-refractivity contribution in [3.8, 4) is 0 Å². The highest BCUT2D eigenvalue weighted by Gasteiger charge is 2.30. The van der Waals surface area contributed by atoms with Crippen molar-refractivity contribution in [1.82, 2.24) is 5.32 Å². The topological polar surface area (TPSA) is 21.3 Å². The largest absolute Gasteiger partial charge is 0.381 e. The molecule has 0 aliphatic carbocycles. The first-order chi connectivity index (χ1) is 8.65. The Hall–Kier alpha value is -0.350. The third-order valence-corrected chi connectivity index (χ3v) is 4.16. The Kier molecular flexibility index (Phi) is 4.84. The van der Waals surface area contributed by atoms with Gasteiger partial charge in [-0.2, -0.15) is 0 Å². The first-order valence-corrected chi connectivity index (χ1v) is 6.89. The summed E-state index contributed by atoms with van der Waals surface area (Å²) in [5.41, 5.74) is 0.873. The van der Waals surface area contributed by atoms with Crippen LogP contribution in [0.5, 0.6) is 0 Å². The lowest BCUT2D eigenvalue weighted by Gasteiger charge is -2.36. The molecule has 2 rings (SSSR count). The van der Waals surface area contributed by atoms with Crippen molar-refractivity contribution in [3.05, 3.63) is 34.6 Å². The van der Waals surface area contributed by atoms with Gasteiger partial charge in [-0.05, 0) is 30.5 Å². The van der Waals surface area contributed by atoms with Gasteiger partial charge < -0.3 is 10.1 Å². The van der Waals surface area contributed by atoms with E-state index in [2.05, 4.69) is 5.32 Å². The van der Waals surface area contributed by atoms with Crippen molar-refractivity contribution in [2.45, 2.75) is 24.9 Å². The SMILES string of the molecule is Fc1ccc(CNC2(CCl)CCOCC2)cc1Cl. The first-order valence-electron chi connectivity index (χ1n) is 5.98. The Morgan fingerprint density at radius 1 is 1.33 bits per heavy atom. The molecule has 0 radical (unpaired) electrons. The van der Waals surface area contributed by atoms with Gasteiger partial charge >= 0.3 is 0 Å². The molecule has 0 amide bonds. The van der Waals surface area contributed by atoms with Gasteiger partial charge in [0.2, 0.25) is 0 Å². The molecule has 0 bridgehead atoms. The lowest BCUT2D eigenvalue weighted by molar-refractivity contribution is 0.0459. The fourth-order valence-corrected chi connectivity index (χ4v) is 2.62. The van der Waals surface area contributed by atoms with Crippen molar-refractivity contribution in [3.63, 3.8) is 0 Å². The molecule has 1 saturated heterocycles. The molecule has 0 atom stereocenters. The number of ether oxygens (including phenoxy) is 1. The van der Waals surface area contributed by atoms with Crippen LogP contribution in [-0.2, 0) is 11.3 Å². The molecule has 1 heterocycles. The van der Waals surface area contributed by atoms with Crippen LogP contribution in [-0.4, -0.2) is 24.6 Å². The molecular weight excluding hydrogens is 276 g/mol. The number of halogens is 3. The van der Waals surface area contributed by atoms with E-state index in [0.29, 0.717) is 12.4 Å². The van der Waals surface area contributed by atoms with Gasteiger partial charge in [0.05, 0.1) is 5.02 Å². The Bertz CT molecular complexity index is 408. The van der Waals surface area contributed by atoms with Crippen LogP contribution in [0, 0.1) is 5.82 Å². The summed E-state index contributed by atoms with van der Waals surface area (Å²) < 4.78 is 18.4. The van der Waals surface area contributed by atoms with Gasteiger partial charge in [0.15, 0.2) is 0 Å². The van der Waals surface area contributed by atoms with Gasteiger partial charge in [-0.1, -0.05) is 17.7 Å². The van der Waals surface area contributed by atoms with Crippen LogP contribution in [0.2, 0.25) is 5.02 Å². The molecule has 0 saturated carbocycles. The van der Waals surface area contributed by atoms with E-state index in [1.807, 2.05) is 0 Å². The van der Waals surface area contributed by atoms with Crippen LogP contribution in [0.25, 0.3) is 0 Å². The second-order valence-corrected chi connectivity index (χ2v) is 5.30. The number of alkyl halides is 1. The van der Waals surface area contributed by atoms with Crippen molar-refractivity contribution in [1.29, 1.82) is 0 Å². The molecule has 0 spiro atoms. The fraction of sp³-hybridized carbons (Fsp3) is 0.538. The second kappa shape index (κ2) is 6.20. The van der Waals surface area contributed by atoms with Crippen LogP contribution >= 0.6 is 23.2 Å². The minimum Gasteiger partial charge on any atom is -0.381 e. The zero-order valence-corrected chi connectivity index (χ0v) is 11.5. The molecule has 1 aliphatic heterocycles. The summed E-state index contributed by atoms with van der Waals surface area (Å²) >= 11 is 11.8. The minimum absolute atomic E-state index is 0.0827. The highest BCUT2D eigenvalue weighted by Crippen LogP contribution is 2.23. The minimum atomic E-state index is -0.390. The van der Waals surface area contributed by atoms with Crippen LogP contribution in [0.4, 0.5) is 4.39 Å². The van der Waals surface area contributed by atoms with Crippen molar-refractivity contribution >= 4 is 23.2 Å². The monoisotopic (exact) mass is 291 g/mol. The number of benzene rings is 1. The maximum Gasteiger partial charge on any atom is 0.141 e. The number of hydrogen-bond donors (Lipinski definition) is 1. The van der Waals surface area contributed by atoms with E-state index in [-0.39, 0.29) is 10.6 Å². The molecule has 0 unspecified atom stereocenters. The third-order valence-electron chi connectivity index (χ3n) is 3.36. The van der Waals surface area contributed by atoms with E-state index in [1.165, 1.54) is 6.07 Å². The summed E-state index contributed by atoms with van der Waals surface area (Å²) in [5, 5.41) is 3.61. The molecule has 1 fully saturated rings. The molecule has 1 aromatic carbocycles. The maximum atomic E-state index is 13.0. The standard InChI is InChI=1S/C13H16Cl2FNO/c14-9-13(3-5-18-6-4-13)17-8-10-1-2-12(16)11(15)7-10/h1-2,7,17H,3-6,8-9H2. The average molecular weight is 292 g/mol. The third kappa shape index (κ3) is 3.35. The van der Waals surface area contributed by atoms with E-state index in [1.54, 1.807) is 12.1 Å². The normalized spacial score (nSPS) is 18.8. The maximum absolute atomic E-state index is 13.0. The van der Waals surface area contributed by atoms with Crippen LogP contribution in [0.15, 0.2) is 18.2 Å². The van der Waals surface area contributed by atoms with E-state index in [0.717, 1.165) is 31.6 Å². The van der Waals surface area contributed by atoms with Gasteiger partial charge in [0.1, 0.15) is 5.82 Å². The highest BCUT2D eigenvalue weighted by molar-refractivity contribution is 6.30. The molecular formula is C13H16Cl2FNO. The Labute approximate surface area is 116 Å². The van der Waals surface area contributed by atoms with Crippen molar-refractivity contribution < 1.29 is 9.13 Å². The van der Waals surface area contributed by atoms with Crippen molar-refractivity contribution in [2.24, 2.45) is 0 Å². The molecule has 1 aromatic rings. The van der Waals surface area contributed by atoms with Crippen LogP contribution in [0.1, 0.15) is 18.4 Å². The van der Waals surface area contributed by atoms with Crippen LogP contribution in [0.3, 0.4) is 0 Å². The quantitative estimate of drug-likeness (QED) is 0.859. The summed E-state index contributed by atoms with van der Waals surface area (Å²) in [7, 11) is 0. The highest BCUT2D eigenvalue weighted by atomic mass is 35.5. The van der Waals surface area contributed by atoms with E-state index in [4.69, 9.17) is 27.9 Å². The number of hydrogen-bond acceptors (Lipinski definition) is 2. The van der Waals surface area contributed by atoms with Gasteiger partial charge in [-0.3, -0.25) is 0 Å². The number of rotatable bonds is 4. The van der Waals surface area contributed by atoms with Crippen molar-refractivity contribution in [2.75, 3.05) is 19.1 Å².